The number of hydrogen-bond donors (Lipinski definition) is 1. The Labute approximate surface area is 158 Å². The minimum absolute atomic E-state index is 0.0264. The van der Waals surface area contributed by atoms with Crippen molar-refractivity contribution in [1.29, 1.82) is 0 Å². The van der Waals surface area contributed by atoms with E-state index < -0.39 is 0 Å². The van der Waals surface area contributed by atoms with E-state index in [0.717, 1.165) is 30.2 Å². The largest absolute Gasteiger partial charge is 0.497 e. The highest BCUT2D eigenvalue weighted by atomic mass is 16.5. The number of ether oxygens (including phenoxy) is 1. The number of carbonyl (C=O) groups excluding carboxylic acids is 2. The molecule has 0 aliphatic carbocycles. The minimum Gasteiger partial charge on any atom is -0.497 e. The molecule has 0 radical (unpaired) electrons. The number of carbonyl (C=O) groups is 2. The summed E-state index contributed by atoms with van der Waals surface area (Å²) >= 11 is 0. The molecule has 7 heteroatoms. The van der Waals surface area contributed by atoms with Crippen molar-refractivity contribution in [3.8, 4) is 5.75 Å². The van der Waals surface area contributed by atoms with Crippen molar-refractivity contribution < 1.29 is 14.3 Å². The lowest BCUT2D eigenvalue weighted by Gasteiger charge is -2.35. The van der Waals surface area contributed by atoms with Gasteiger partial charge in [-0.1, -0.05) is 18.2 Å². The SMILES string of the molecule is COc1ccc(CC(=O)NCC(=O)N2CCN(c3ccccn3)CC2)cc1. The summed E-state index contributed by atoms with van der Waals surface area (Å²) in [6, 6.07) is 13.1. The fraction of sp³-hybridized carbons (Fsp3) is 0.350. The summed E-state index contributed by atoms with van der Waals surface area (Å²) < 4.78 is 5.10. The van der Waals surface area contributed by atoms with Crippen molar-refractivity contribution in [2.75, 3.05) is 44.7 Å². The molecule has 1 fully saturated rings. The summed E-state index contributed by atoms with van der Waals surface area (Å²) in [4.78, 5) is 32.7. The first kappa shape index (κ1) is 18.7. The van der Waals surface area contributed by atoms with Gasteiger partial charge in [-0.05, 0) is 29.8 Å². The van der Waals surface area contributed by atoms with Gasteiger partial charge in [0.2, 0.25) is 11.8 Å². The number of piperazine rings is 1. The molecule has 7 nitrogen and oxygen atoms in total. The van der Waals surface area contributed by atoms with E-state index in [-0.39, 0.29) is 24.8 Å². The summed E-state index contributed by atoms with van der Waals surface area (Å²) in [6.07, 6.45) is 2.01. The zero-order valence-electron chi connectivity index (χ0n) is 15.4. The van der Waals surface area contributed by atoms with Crippen LogP contribution in [0.15, 0.2) is 48.7 Å². The second-order valence-electron chi connectivity index (χ2n) is 6.36. The Morgan fingerprint density at radius 2 is 1.81 bits per heavy atom. The van der Waals surface area contributed by atoms with Gasteiger partial charge in [0.05, 0.1) is 20.1 Å². The van der Waals surface area contributed by atoms with Crippen molar-refractivity contribution in [3.63, 3.8) is 0 Å². The fourth-order valence-corrected chi connectivity index (χ4v) is 3.00. The monoisotopic (exact) mass is 368 g/mol. The molecular weight excluding hydrogens is 344 g/mol. The van der Waals surface area contributed by atoms with Crippen LogP contribution in [-0.4, -0.2) is 61.5 Å². The minimum atomic E-state index is -0.166. The van der Waals surface area contributed by atoms with Gasteiger partial charge in [-0.15, -0.1) is 0 Å². The first-order valence-electron chi connectivity index (χ1n) is 8.99. The van der Waals surface area contributed by atoms with Gasteiger partial charge in [-0.25, -0.2) is 4.98 Å². The normalized spacial score (nSPS) is 14.0. The number of nitrogens with zero attached hydrogens (tertiary/aromatic N) is 3. The second-order valence-corrected chi connectivity index (χ2v) is 6.36. The van der Waals surface area contributed by atoms with Crippen LogP contribution in [0.4, 0.5) is 5.82 Å². The zero-order valence-corrected chi connectivity index (χ0v) is 15.4. The van der Waals surface area contributed by atoms with Gasteiger partial charge in [-0.2, -0.15) is 0 Å². The Kier molecular flexibility index (Phi) is 6.25. The van der Waals surface area contributed by atoms with Crippen LogP contribution >= 0.6 is 0 Å². The van der Waals surface area contributed by atoms with Gasteiger partial charge < -0.3 is 19.9 Å². The number of pyridine rings is 1. The predicted octanol–water partition coefficient (Wildman–Crippen LogP) is 1.10. The molecule has 1 aliphatic heterocycles. The molecule has 27 heavy (non-hydrogen) atoms. The number of rotatable bonds is 6. The average molecular weight is 368 g/mol. The molecule has 2 amide bonds. The number of amides is 2. The first-order chi connectivity index (χ1) is 13.2. The van der Waals surface area contributed by atoms with E-state index >= 15 is 0 Å². The Hall–Kier alpha value is -3.09. The molecule has 2 heterocycles. The predicted molar refractivity (Wildman–Crippen MR) is 103 cm³/mol. The summed E-state index contributed by atoms with van der Waals surface area (Å²) in [6.45, 7) is 2.76. The van der Waals surface area contributed by atoms with Crippen molar-refractivity contribution in [3.05, 3.63) is 54.2 Å². The van der Waals surface area contributed by atoms with E-state index in [9.17, 15) is 9.59 Å². The fourth-order valence-electron chi connectivity index (χ4n) is 3.00. The molecule has 3 rings (SSSR count). The average Bonchev–Trinajstić information content (AvgIpc) is 2.73. The smallest absolute Gasteiger partial charge is 0.242 e. The summed E-state index contributed by atoms with van der Waals surface area (Å²) in [5.41, 5.74) is 0.879. The maximum atomic E-state index is 12.3. The Morgan fingerprint density at radius 1 is 1.07 bits per heavy atom. The molecule has 0 unspecified atom stereocenters. The van der Waals surface area contributed by atoms with Crippen molar-refractivity contribution in [2.45, 2.75) is 6.42 Å². The van der Waals surface area contributed by atoms with Crippen LogP contribution in [0, 0.1) is 0 Å². The van der Waals surface area contributed by atoms with Crippen LogP contribution in [0.2, 0.25) is 0 Å². The summed E-state index contributed by atoms with van der Waals surface area (Å²) in [5.74, 6) is 1.45. The van der Waals surface area contributed by atoms with Crippen molar-refractivity contribution in [1.82, 2.24) is 15.2 Å². The van der Waals surface area contributed by atoms with Gasteiger partial charge in [0, 0.05) is 32.4 Å². The molecule has 0 atom stereocenters. The zero-order chi connectivity index (χ0) is 19.1. The Morgan fingerprint density at radius 3 is 2.44 bits per heavy atom. The lowest BCUT2D eigenvalue weighted by Crippen LogP contribution is -2.51. The number of methoxy groups -OCH3 is 1. The van der Waals surface area contributed by atoms with Gasteiger partial charge in [-0.3, -0.25) is 9.59 Å². The van der Waals surface area contributed by atoms with Crippen molar-refractivity contribution >= 4 is 17.6 Å². The molecule has 1 saturated heterocycles. The molecule has 1 N–H and O–H groups in total. The van der Waals surface area contributed by atoms with E-state index in [1.54, 1.807) is 18.2 Å². The molecular formula is C20H24N4O3. The van der Waals surface area contributed by atoms with E-state index in [1.165, 1.54) is 0 Å². The Bertz CT molecular complexity index is 757. The molecule has 1 aromatic carbocycles. The summed E-state index contributed by atoms with van der Waals surface area (Å²) in [5, 5.41) is 2.71. The number of anilines is 1. The molecule has 0 spiro atoms. The second kappa shape index (κ2) is 9.02. The van der Waals surface area contributed by atoms with E-state index in [1.807, 2.05) is 42.5 Å². The van der Waals surface area contributed by atoms with Crippen LogP contribution in [0.3, 0.4) is 0 Å². The number of benzene rings is 1. The van der Waals surface area contributed by atoms with Crippen LogP contribution in [0.5, 0.6) is 5.75 Å². The molecule has 1 aliphatic rings. The van der Waals surface area contributed by atoms with Crippen LogP contribution in [0.25, 0.3) is 0 Å². The van der Waals surface area contributed by atoms with E-state index in [2.05, 4.69) is 15.2 Å². The summed E-state index contributed by atoms with van der Waals surface area (Å²) in [7, 11) is 1.60. The van der Waals surface area contributed by atoms with Gasteiger partial charge >= 0.3 is 0 Å². The van der Waals surface area contributed by atoms with Gasteiger partial charge in [0.25, 0.3) is 0 Å². The lowest BCUT2D eigenvalue weighted by atomic mass is 10.1. The van der Waals surface area contributed by atoms with Gasteiger partial charge in [0.15, 0.2) is 0 Å². The number of nitrogens with one attached hydrogen (secondary N) is 1. The highest BCUT2D eigenvalue weighted by molar-refractivity contribution is 5.85. The maximum Gasteiger partial charge on any atom is 0.242 e. The lowest BCUT2D eigenvalue weighted by molar-refractivity contribution is -0.133. The molecule has 142 valence electrons. The van der Waals surface area contributed by atoms with Crippen LogP contribution in [0.1, 0.15) is 5.56 Å². The van der Waals surface area contributed by atoms with E-state index in [4.69, 9.17) is 4.74 Å². The molecule has 0 saturated carbocycles. The molecule has 0 bridgehead atoms. The van der Waals surface area contributed by atoms with Crippen LogP contribution in [-0.2, 0) is 16.0 Å². The molecule has 1 aromatic heterocycles. The number of hydrogen-bond acceptors (Lipinski definition) is 5. The van der Waals surface area contributed by atoms with E-state index in [0.29, 0.717) is 13.1 Å². The molecule has 2 aromatic rings. The quantitative estimate of drug-likeness (QED) is 0.826. The number of aromatic nitrogens is 1. The third-order valence-corrected chi connectivity index (χ3v) is 4.57. The third kappa shape index (κ3) is 5.20. The van der Waals surface area contributed by atoms with Crippen molar-refractivity contribution in [2.24, 2.45) is 0 Å². The first-order valence-corrected chi connectivity index (χ1v) is 8.99. The standard InChI is InChI=1S/C20H24N4O3/c1-27-17-7-5-16(6-8-17)14-19(25)22-15-20(26)24-12-10-23(11-13-24)18-4-2-3-9-21-18/h2-9H,10-15H2,1H3,(H,22,25). The third-order valence-electron chi connectivity index (χ3n) is 4.57. The topological polar surface area (TPSA) is 74.8 Å². The highest BCUT2D eigenvalue weighted by Gasteiger charge is 2.21. The van der Waals surface area contributed by atoms with Gasteiger partial charge in [0.1, 0.15) is 11.6 Å². The maximum absolute atomic E-state index is 12.3. The van der Waals surface area contributed by atoms with Crippen LogP contribution < -0.4 is 15.0 Å². The Balaban J connectivity index is 1.41. The highest BCUT2D eigenvalue weighted by Crippen LogP contribution is 2.13.